The molecule has 5 heteroatoms. The highest BCUT2D eigenvalue weighted by Gasteiger charge is 2.17. The van der Waals surface area contributed by atoms with Gasteiger partial charge in [-0.2, -0.15) is 0 Å². The second kappa shape index (κ2) is 4.51. The van der Waals surface area contributed by atoms with Crippen LogP contribution in [0, 0.1) is 15.9 Å². The van der Waals surface area contributed by atoms with Gasteiger partial charge in [0.15, 0.2) is 0 Å². The molecule has 0 aliphatic rings. The smallest absolute Gasteiger partial charge is 0.258 e. The molecule has 17 heavy (non-hydrogen) atoms. The van der Waals surface area contributed by atoms with Crippen LogP contribution >= 0.6 is 11.6 Å². The summed E-state index contributed by atoms with van der Waals surface area (Å²) in [5, 5.41) is 11.2. The first kappa shape index (κ1) is 11.5. The first-order chi connectivity index (χ1) is 8.09. The maximum Gasteiger partial charge on any atom is 0.277 e. The van der Waals surface area contributed by atoms with Gasteiger partial charge in [0, 0.05) is 16.7 Å². The summed E-state index contributed by atoms with van der Waals surface area (Å²) < 4.78 is 13.2. The Hall–Kier alpha value is -1.94. The molecule has 0 unspecified atom stereocenters. The molecule has 0 aliphatic heterocycles. The zero-order chi connectivity index (χ0) is 12.4. The van der Waals surface area contributed by atoms with Gasteiger partial charge in [0.2, 0.25) is 0 Å². The van der Waals surface area contributed by atoms with Gasteiger partial charge in [0.05, 0.1) is 10.5 Å². The molecular weight excluding hydrogens is 245 g/mol. The number of benzene rings is 2. The third kappa shape index (κ3) is 2.26. The third-order valence-corrected chi connectivity index (χ3v) is 2.65. The van der Waals surface area contributed by atoms with Crippen molar-refractivity contribution in [2.45, 2.75) is 0 Å². The minimum Gasteiger partial charge on any atom is -0.258 e. The minimum absolute atomic E-state index is 0.167. The van der Waals surface area contributed by atoms with E-state index in [2.05, 4.69) is 0 Å². The first-order valence-corrected chi connectivity index (χ1v) is 5.16. The molecule has 2 rings (SSSR count). The number of nitrogens with zero attached hydrogens (tertiary/aromatic N) is 1. The molecule has 0 saturated heterocycles. The zero-order valence-corrected chi connectivity index (χ0v) is 9.32. The van der Waals surface area contributed by atoms with E-state index in [1.54, 1.807) is 24.3 Å². The Balaban J connectivity index is 2.70. The highest BCUT2D eigenvalue weighted by Crippen LogP contribution is 2.34. The molecule has 0 radical (unpaired) electrons. The Morgan fingerprint density at radius 1 is 1.12 bits per heavy atom. The van der Waals surface area contributed by atoms with Crippen LogP contribution in [0.2, 0.25) is 5.02 Å². The van der Waals surface area contributed by atoms with E-state index in [-0.39, 0.29) is 11.3 Å². The Labute approximate surface area is 102 Å². The molecule has 2 aromatic carbocycles. The Morgan fingerprint density at radius 2 is 1.82 bits per heavy atom. The van der Waals surface area contributed by atoms with E-state index in [0.29, 0.717) is 10.6 Å². The van der Waals surface area contributed by atoms with E-state index >= 15 is 0 Å². The van der Waals surface area contributed by atoms with Crippen molar-refractivity contribution in [3.63, 3.8) is 0 Å². The molecule has 0 saturated carbocycles. The van der Waals surface area contributed by atoms with Crippen LogP contribution in [-0.4, -0.2) is 4.92 Å². The molecular formula is C12H7ClFNO2. The molecule has 0 aromatic heterocycles. The summed E-state index contributed by atoms with van der Waals surface area (Å²) in [6.45, 7) is 0. The normalized spacial score (nSPS) is 10.2. The Kier molecular flexibility index (Phi) is 3.06. The molecule has 0 aliphatic carbocycles. The average Bonchev–Trinajstić information content (AvgIpc) is 2.29. The monoisotopic (exact) mass is 251 g/mol. The summed E-state index contributed by atoms with van der Waals surface area (Å²) in [6, 6.07) is 9.91. The molecule has 0 spiro atoms. The van der Waals surface area contributed by atoms with E-state index in [1.165, 1.54) is 0 Å². The van der Waals surface area contributed by atoms with Gasteiger partial charge < -0.3 is 0 Å². The number of rotatable bonds is 2. The minimum atomic E-state index is -0.557. The quantitative estimate of drug-likeness (QED) is 0.597. The summed E-state index contributed by atoms with van der Waals surface area (Å²) in [6.07, 6.45) is 0. The molecule has 86 valence electrons. The van der Waals surface area contributed by atoms with Crippen molar-refractivity contribution in [3.8, 4) is 11.1 Å². The zero-order valence-electron chi connectivity index (χ0n) is 8.56. The summed E-state index contributed by atoms with van der Waals surface area (Å²) in [4.78, 5) is 10.3. The maximum atomic E-state index is 13.2. The van der Waals surface area contributed by atoms with Crippen molar-refractivity contribution < 1.29 is 9.31 Å². The standard InChI is InChI=1S/C12H7ClFNO2/c13-11-4-2-1-3-9(11)10-7-8(14)5-6-12(10)15(16)17/h1-7H. The van der Waals surface area contributed by atoms with Crippen molar-refractivity contribution >= 4 is 17.3 Å². The summed E-state index contributed by atoms with van der Waals surface area (Å²) >= 11 is 5.94. The predicted octanol–water partition coefficient (Wildman–Crippen LogP) is 4.05. The average molecular weight is 252 g/mol. The van der Waals surface area contributed by atoms with Gasteiger partial charge in [-0.1, -0.05) is 29.8 Å². The van der Waals surface area contributed by atoms with Gasteiger partial charge >= 0.3 is 0 Å². The number of nitro benzene ring substituents is 1. The van der Waals surface area contributed by atoms with E-state index in [9.17, 15) is 14.5 Å². The predicted molar refractivity (Wildman–Crippen MR) is 63.5 cm³/mol. The number of hydrogen-bond donors (Lipinski definition) is 0. The second-order valence-corrected chi connectivity index (χ2v) is 3.81. The van der Waals surface area contributed by atoms with E-state index < -0.39 is 10.7 Å². The summed E-state index contributed by atoms with van der Waals surface area (Å²) in [5.41, 5.74) is 0.459. The number of hydrogen-bond acceptors (Lipinski definition) is 2. The van der Waals surface area contributed by atoms with Gasteiger partial charge in [0.1, 0.15) is 5.82 Å². The fourth-order valence-electron chi connectivity index (χ4n) is 1.56. The third-order valence-electron chi connectivity index (χ3n) is 2.32. The van der Waals surface area contributed by atoms with E-state index in [4.69, 9.17) is 11.6 Å². The van der Waals surface area contributed by atoms with E-state index in [1.807, 2.05) is 0 Å². The van der Waals surface area contributed by atoms with E-state index in [0.717, 1.165) is 18.2 Å². The van der Waals surface area contributed by atoms with Crippen LogP contribution < -0.4 is 0 Å². The van der Waals surface area contributed by atoms with Gasteiger partial charge in [-0.3, -0.25) is 10.1 Å². The molecule has 0 N–H and O–H groups in total. The van der Waals surface area contributed by atoms with Gasteiger partial charge in [-0.25, -0.2) is 4.39 Å². The van der Waals surface area contributed by atoms with Crippen LogP contribution in [0.4, 0.5) is 10.1 Å². The van der Waals surface area contributed by atoms with Crippen molar-refractivity contribution in [1.82, 2.24) is 0 Å². The Morgan fingerprint density at radius 3 is 2.47 bits per heavy atom. The van der Waals surface area contributed by atoms with Crippen molar-refractivity contribution in [3.05, 3.63) is 63.4 Å². The summed E-state index contributed by atoms with van der Waals surface area (Å²) in [7, 11) is 0. The fourth-order valence-corrected chi connectivity index (χ4v) is 1.80. The number of halogens is 2. The fraction of sp³-hybridized carbons (Fsp3) is 0. The van der Waals surface area contributed by atoms with Crippen LogP contribution in [0.3, 0.4) is 0 Å². The topological polar surface area (TPSA) is 43.1 Å². The molecule has 0 atom stereocenters. The van der Waals surface area contributed by atoms with Gasteiger partial charge in [0.25, 0.3) is 5.69 Å². The van der Waals surface area contributed by atoms with Crippen LogP contribution in [-0.2, 0) is 0 Å². The Bertz CT molecular complexity index is 586. The first-order valence-electron chi connectivity index (χ1n) is 4.78. The van der Waals surface area contributed by atoms with Crippen molar-refractivity contribution in [1.29, 1.82) is 0 Å². The second-order valence-electron chi connectivity index (χ2n) is 3.40. The van der Waals surface area contributed by atoms with Gasteiger partial charge in [-0.05, 0) is 18.2 Å². The van der Waals surface area contributed by atoms with Crippen LogP contribution in [0.5, 0.6) is 0 Å². The van der Waals surface area contributed by atoms with Crippen molar-refractivity contribution in [2.24, 2.45) is 0 Å². The molecule has 3 nitrogen and oxygen atoms in total. The largest absolute Gasteiger partial charge is 0.277 e. The van der Waals surface area contributed by atoms with Crippen LogP contribution in [0.15, 0.2) is 42.5 Å². The molecule has 0 heterocycles. The number of nitro groups is 1. The van der Waals surface area contributed by atoms with Crippen LogP contribution in [0.25, 0.3) is 11.1 Å². The molecule has 2 aromatic rings. The lowest BCUT2D eigenvalue weighted by Gasteiger charge is -2.05. The van der Waals surface area contributed by atoms with Gasteiger partial charge in [-0.15, -0.1) is 0 Å². The lowest BCUT2D eigenvalue weighted by molar-refractivity contribution is -0.384. The molecule has 0 fully saturated rings. The molecule has 0 bridgehead atoms. The summed E-state index contributed by atoms with van der Waals surface area (Å²) in [5.74, 6) is -0.537. The lowest BCUT2D eigenvalue weighted by atomic mass is 10.0. The highest BCUT2D eigenvalue weighted by atomic mass is 35.5. The van der Waals surface area contributed by atoms with Crippen molar-refractivity contribution in [2.75, 3.05) is 0 Å². The lowest BCUT2D eigenvalue weighted by Crippen LogP contribution is -1.93. The molecule has 0 amide bonds. The maximum absolute atomic E-state index is 13.2. The van der Waals surface area contributed by atoms with Crippen LogP contribution in [0.1, 0.15) is 0 Å². The SMILES string of the molecule is O=[N+]([O-])c1ccc(F)cc1-c1ccccc1Cl. The highest BCUT2D eigenvalue weighted by molar-refractivity contribution is 6.33.